The van der Waals surface area contributed by atoms with Crippen LogP contribution in [-0.4, -0.2) is 39.1 Å². The van der Waals surface area contributed by atoms with Gasteiger partial charge in [0.25, 0.3) is 5.91 Å². The summed E-state index contributed by atoms with van der Waals surface area (Å²) < 4.78 is 61.6. The molecule has 0 unspecified atom stereocenters. The Morgan fingerprint density at radius 1 is 1.12 bits per heavy atom. The van der Waals surface area contributed by atoms with E-state index in [0.29, 0.717) is 0 Å². The standard InChI is InChI=1S/C20H21ClF2N2O6S/c1-20(2,3)25-32(28,29)16-10-12(8-9-13(16)21)18(27)30-11-17(26)24-14-6-4-5-7-15(14)31-19(22)23/h4-10,19,25H,11H2,1-3H3,(H,24,26). The first-order chi connectivity index (χ1) is 14.8. The second-order valence-electron chi connectivity index (χ2n) is 7.50. The summed E-state index contributed by atoms with van der Waals surface area (Å²) in [4.78, 5) is 24.0. The normalized spacial score (nSPS) is 11.8. The fourth-order valence-electron chi connectivity index (χ4n) is 2.46. The Hall–Kier alpha value is -2.76. The summed E-state index contributed by atoms with van der Waals surface area (Å²) in [6.07, 6.45) is 0. The number of halogens is 3. The lowest BCUT2D eigenvalue weighted by Gasteiger charge is -2.21. The SMILES string of the molecule is CC(C)(C)NS(=O)(=O)c1cc(C(=O)OCC(=O)Nc2ccccc2OC(F)F)ccc1Cl. The first-order valence-electron chi connectivity index (χ1n) is 9.13. The van der Waals surface area contributed by atoms with Gasteiger partial charge in [-0.1, -0.05) is 23.7 Å². The van der Waals surface area contributed by atoms with Crippen molar-refractivity contribution in [1.29, 1.82) is 0 Å². The lowest BCUT2D eigenvalue weighted by Crippen LogP contribution is -2.40. The number of hydrogen-bond donors (Lipinski definition) is 2. The highest BCUT2D eigenvalue weighted by Crippen LogP contribution is 2.26. The third-order valence-corrected chi connectivity index (χ3v) is 5.85. The highest BCUT2D eigenvalue weighted by molar-refractivity contribution is 7.89. The quantitative estimate of drug-likeness (QED) is 0.544. The Morgan fingerprint density at radius 2 is 1.78 bits per heavy atom. The lowest BCUT2D eigenvalue weighted by atomic mass is 10.1. The van der Waals surface area contributed by atoms with Gasteiger partial charge < -0.3 is 14.8 Å². The Labute approximate surface area is 188 Å². The molecule has 0 spiro atoms. The van der Waals surface area contributed by atoms with E-state index in [2.05, 4.69) is 14.8 Å². The van der Waals surface area contributed by atoms with Gasteiger partial charge in [0, 0.05) is 5.54 Å². The molecule has 0 aromatic heterocycles. The molecule has 1 amide bonds. The van der Waals surface area contributed by atoms with Gasteiger partial charge in [0.1, 0.15) is 10.6 Å². The minimum atomic E-state index is -4.04. The van der Waals surface area contributed by atoms with Gasteiger partial charge in [-0.3, -0.25) is 4.79 Å². The van der Waals surface area contributed by atoms with Gasteiger partial charge in [0.15, 0.2) is 6.61 Å². The third-order valence-electron chi connectivity index (χ3n) is 3.61. The number of amides is 1. The molecule has 2 aromatic carbocycles. The van der Waals surface area contributed by atoms with E-state index in [9.17, 15) is 26.8 Å². The van der Waals surface area contributed by atoms with Crippen molar-refractivity contribution in [2.24, 2.45) is 0 Å². The van der Waals surface area contributed by atoms with Crippen LogP contribution in [0.15, 0.2) is 47.4 Å². The van der Waals surface area contributed by atoms with E-state index in [1.807, 2.05) is 0 Å². The summed E-state index contributed by atoms with van der Waals surface area (Å²) in [5, 5.41) is 2.19. The number of anilines is 1. The number of carbonyl (C=O) groups excluding carboxylic acids is 2. The summed E-state index contributed by atoms with van der Waals surface area (Å²) >= 11 is 5.98. The molecular formula is C20H21ClF2N2O6S. The fraction of sp³-hybridized carbons (Fsp3) is 0.300. The smallest absolute Gasteiger partial charge is 0.387 e. The molecule has 32 heavy (non-hydrogen) atoms. The van der Waals surface area contributed by atoms with Crippen LogP contribution in [0.4, 0.5) is 14.5 Å². The maximum atomic E-state index is 12.5. The maximum absolute atomic E-state index is 12.5. The van der Waals surface area contributed by atoms with Crippen molar-refractivity contribution in [3.05, 3.63) is 53.1 Å². The number of benzene rings is 2. The zero-order valence-corrected chi connectivity index (χ0v) is 18.9. The van der Waals surface area contributed by atoms with Crippen LogP contribution in [-0.2, 0) is 19.6 Å². The minimum absolute atomic E-state index is 0.0398. The van der Waals surface area contributed by atoms with Crippen LogP contribution < -0.4 is 14.8 Å². The molecule has 0 bridgehead atoms. The summed E-state index contributed by atoms with van der Waals surface area (Å²) in [7, 11) is -4.04. The van der Waals surface area contributed by atoms with Gasteiger partial charge in [-0.25, -0.2) is 17.9 Å². The first kappa shape index (κ1) is 25.5. The molecule has 12 heteroatoms. The van der Waals surface area contributed by atoms with Crippen LogP contribution in [0, 0.1) is 0 Å². The minimum Gasteiger partial charge on any atom is -0.452 e. The van der Waals surface area contributed by atoms with Gasteiger partial charge in [0.05, 0.1) is 16.3 Å². The zero-order chi connectivity index (χ0) is 24.1. The average molecular weight is 491 g/mol. The molecular weight excluding hydrogens is 470 g/mol. The Balaban J connectivity index is 2.09. The molecule has 0 atom stereocenters. The number of sulfonamides is 1. The number of nitrogens with one attached hydrogen (secondary N) is 2. The maximum Gasteiger partial charge on any atom is 0.387 e. The van der Waals surface area contributed by atoms with Crippen LogP contribution in [0.3, 0.4) is 0 Å². The third kappa shape index (κ3) is 7.43. The van der Waals surface area contributed by atoms with Crippen molar-refractivity contribution in [3.63, 3.8) is 0 Å². The monoisotopic (exact) mass is 490 g/mol. The van der Waals surface area contributed by atoms with Gasteiger partial charge in [-0.05, 0) is 51.1 Å². The molecule has 2 rings (SSSR count). The molecule has 0 heterocycles. The Kier molecular flexibility index (Phi) is 8.16. The van der Waals surface area contributed by atoms with E-state index in [-0.39, 0.29) is 26.9 Å². The van der Waals surface area contributed by atoms with Crippen LogP contribution >= 0.6 is 11.6 Å². The number of para-hydroxylation sites is 2. The molecule has 0 aliphatic carbocycles. The Bertz CT molecular complexity index is 1100. The van der Waals surface area contributed by atoms with E-state index in [1.165, 1.54) is 36.4 Å². The molecule has 0 saturated carbocycles. The van der Waals surface area contributed by atoms with Crippen molar-refractivity contribution in [2.75, 3.05) is 11.9 Å². The van der Waals surface area contributed by atoms with Gasteiger partial charge in [-0.15, -0.1) is 0 Å². The van der Waals surface area contributed by atoms with Crippen molar-refractivity contribution >= 4 is 39.2 Å². The van der Waals surface area contributed by atoms with Crippen LogP contribution in [0.25, 0.3) is 0 Å². The molecule has 0 aliphatic rings. The van der Waals surface area contributed by atoms with Crippen LogP contribution in [0.1, 0.15) is 31.1 Å². The van der Waals surface area contributed by atoms with E-state index in [4.69, 9.17) is 16.3 Å². The van der Waals surface area contributed by atoms with Crippen LogP contribution in [0.2, 0.25) is 5.02 Å². The van der Waals surface area contributed by atoms with E-state index >= 15 is 0 Å². The summed E-state index contributed by atoms with van der Waals surface area (Å²) in [5.74, 6) is -2.07. The lowest BCUT2D eigenvalue weighted by molar-refractivity contribution is -0.119. The summed E-state index contributed by atoms with van der Waals surface area (Å²) in [6.45, 7) is 1.07. The molecule has 0 fully saturated rings. The topological polar surface area (TPSA) is 111 Å². The predicted molar refractivity (Wildman–Crippen MR) is 114 cm³/mol. The average Bonchev–Trinajstić information content (AvgIpc) is 2.65. The van der Waals surface area contributed by atoms with Gasteiger partial charge in [0.2, 0.25) is 10.0 Å². The molecule has 0 aliphatic heterocycles. The molecule has 0 saturated heterocycles. The first-order valence-corrected chi connectivity index (χ1v) is 11.0. The number of carbonyl (C=O) groups is 2. The number of alkyl halides is 2. The number of ether oxygens (including phenoxy) is 2. The van der Waals surface area contributed by atoms with Crippen molar-refractivity contribution in [1.82, 2.24) is 4.72 Å². The molecule has 2 aromatic rings. The van der Waals surface area contributed by atoms with Crippen LogP contribution in [0.5, 0.6) is 5.75 Å². The van der Waals surface area contributed by atoms with E-state index in [0.717, 1.165) is 6.07 Å². The predicted octanol–water partition coefficient (Wildman–Crippen LogP) is 3.81. The van der Waals surface area contributed by atoms with E-state index < -0.39 is 40.7 Å². The summed E-state index contributed by atoms with van der Waals surface area (Å²) in [6, 6.07) is 8.97. The number of hydrogen-bond acceptors (Lipinski definition) is 6. The highest BCUT2D eigenvalue weighted by Gasteiger charge is 2.26. The van der Waals surface area contributed by atoms with Gasteiger partial charge >= 0.3 is 12.6 Å². The fourth-order valence-corrected chi connectivity index (χ4v) is 4.41. The zero-order valence-electron chi connectivity index (χ0n) is 17.3. The molecule has 0 radical (unpaired) electrons. The van der Waals surface area contributed by atoms with Gasteiger partial charge in [-0.2, -0.15) is 8.78 Å². The Morgan fingerprint density at radius 3 is 2.41 bits per heavy atom. The molecule has 2 N–H and O–H groups in total. The van der Waals surface area contributed by atoms with Crippen molar-refractivity contribution < 1.29 is 36.3 Å². The molecule has 8 nitrogen and oxygen atoms in total. The largest absolute Gasteiger partial charge is 0.452 e. The number of rotatable bonds is 8. The highest BCUT2D eigenvalue weighted by atomic mass is 35.5. The van der Waals surface area contributed by atoms with Crippen molar-refractivity contribution in [3.8, 4) is 5.75 Å². The summed E-state index contributed by atoms with van der Waals surface area (Å²) in [5.41, 5.74) is -0.985. The number of esters is 1. The second-order valence-corrected chi connectivity index (χ2v) is 9.56. The van der Waals surface area contributed by atoms with Crippen molar-refractivity contribution in [2.45, 2.75) is 37.8 Å². The van der Waals surface area contributed by atoms with E-state index in [1.54, 1.807) is 20.8 Å². The second kappa shape index (κ2) is 10.2. The molecule has 174 valence electrons.